The lowest BCUT2D eigenvalue weighted by atomic mass is 10.0. The van der Waals surface area contributed by atoms with Crippen LogP contribution in [0.25, 0.3) is 0 Å². The Morgan fingerprint density at radius 1 is 1.21 bits per heavy atom. The van der Waals surface area contributed by atoms with E-state index in [-0.39, 0.29) is 11.1 Å². The van der Waals surface area contributed by atoms with E-state index in [1.165, 1.54) is 11.6 Å². The predicted octanol–water partition coefficient (Wildman–Crippen LogP) is 5.80. The molecule has 0 fully saturated rings. The molecule has 1 N–H and O–H groups in total. The molecule has 2 aromatic rings. The maximum absolute atomic E-state index is 13.1. The summed E-state index contributed by atoms with van der Waals surface area (Å²) in [5, 5.41) is 3.50. The van der Waals surface area contributed by atoms with Gasteiger partial charge in [-0.15, -0.1) is 0 Å². The maximum Gasteiger partial charge on any atom is 0.141 e. The summed E-state index contributed by atoms with van der Waals surface area (Å²) in [4.78, 5) is 0. The molecule has 100 valence electrons. The summed E-state index contributed by atoms with van der Waals surface area (Å²) in [7, 11) is 0. The van der Waals surface area contributed by atoms with Gasteiger partial charge in [0.25, 0.3) is 0 Å². The Hall–Kier alpha value is -1.06. The van der Waals surface area contributed by atoms with E-state index in [9.17, 15) is 4.39 Å². The number of halogens is 3. The van der Waals surface area contributed by atoms with Crippen molar-refractivity contribution in [2.45, 2.75) is 19.4 Å². The molecule has 1 nitrogen and oxygen atoms in total. The highest BCUT2D eigenvalue weighted by Gasteiger charge is 2.10. The second-order valence-electron chi connectivity index (χ2n) is 4.29. The minimum Gasteiger partial charge on any atom is -0.378 e. The van der Waals surface area contributed by atoms with Crippen molar-refractivity contribution in [2.24, 2.45) is 0 Å². The summed E-state index contributed by atoms with van der Waals surface area (Å²) in [5.41, 5.74) is 2.01. The molecule has 0 aliphatic heterocycles. The molecule has 1 atom stereocenters. The van der Waals surface area contributed by atoms with E-state index < -0.39 is 5.82 Å². The third-order valence-corrected chi connectivity index (χ3v) is 3.76. The van der Waals surface area contributed by atoms with Gasteiger partial charge in [0, 0.05) is 10.2 Å². The van der Waals surface area contributed by atoms with Gasteiger partial charge in [-0.05, 0) is 42.3 Å². The molecule has 0 amide bonds. The normalized spacial score (nSPS) is 12.2. The molecule has 0 aromatic heterocycles. The van der Waals surface area contributed by atoms with Gasteiger partial charge in [-0.25, -0.2) is 4.39 Å². The van der Waals surface area contributed by atoms with Crippen LogP contribution in [0.3, 0.4) is 0 Å². The molecule has 0 bridgehead atoms. The average Bonchev–Trinajstić information content (AvgIpc) is 2.41. The van der Waals surface area contributed by atoms with Gasteiger partial charge < -0.3 is 5.32 Å². The van der Waals surface area contributed by atoms with Crippen LogP contribution in [0, 0.1) is 5.82 Å². The third kappa shape index (κ3) is 3.71. The van der Waals surface area contributed by atoms with Crippen molar-refractivity contribution in [1.82, 2.24) is 0 Å². The molecule has 19 heavy (non-hydrogen) atoms. The fourth-order valence-corrected chi connectivity index (χ4v) is 2.35. The summed E-state index contributed by atoms with van der Waals surface area (Å²) in [5.74, 6) is -0.399. The molecule has 2 aromatic carbocycles. The number of rotatable bonds is 4. The van der Waals surface area contributed by atoms with Crippen LogP contribution in [-0.2, 0) is 0 Å². The quantitative estimate of drug-likeness (QED) is 0.740. The first-order valence-corrected chi connectivity index (χ1v) is 7.24. The summed E-state index contributed by atoms with van der Waals surface area (Å²) in [6.45, 7) is 2.10. The zero-order valence-corrected chi connectivity index (χ0v) is 12.8. The summed E-state index contributed by atoms with van der Waals surface area (Å²) < 4.78 is 14.2. The van der Waals surface area contributed by atoms with Gasteiger partial charge in [0.05, 0.1) is 11.1 Å². The molecule has 0 saturated carbocycles. The van der Waals surface area contributed by atoms with Crippen molar-refractivity contribution in [1.29, 1.82) is 0 Å². The van der Waals surface area contributed by atoms with Gasteiger partial charge in [-0.3, -0.25) is 0 Å². The smallest absolute Gasteiger partial charge is 0.141 e. The van der Waals surface area contributed by atoms with Gasteiger partial charge in [0.15, 0.2) is 0 Å². The number of benzene rings is 2. The van der Waals surface area contributed by atoms with E-state index in [2.05, 4.69) is 40.3 Å². The van der Waals surface area contributed by atoms with Crippen LogP contribution in [0.1, 0.15) is 24.9 Å². The SMILES string of the molecule is CCC(Nc1ccc(F)c(Cl)c1)c1ccc(Br)cc1. The Balaban J connectivity index is 2.18. The Kier molecular flexibility index (Phi) is 4.83. The van der Waals surface area contributed by atoms with E-state index in [0.29, 0.717) is 0 Å². The summed E-state index contributed by atoms with van der Waals surface area (Å²) in [6, 6.07) is 13.0. The van der Waals surface area contributed by atoms with E-state index in [0.717, 1.165) is 16.6 Å². The van der Waals surface area contributed by atoms with Crippen molar-refractivity contribution >= 4 is 33.2 Å². The second-order valence-corrected chi connectivity index (χ2v) is 5.61. The van der Waals surface area contributed by atoms with E-state index in [4.69, 9.17) is 11.6 Å². The summed E-state index contributed by atoms with van der Waals surface area (Å²) in [6.07, 6.45) is 0.927. The monoisotopic (exact) mass is 341 g/mol. The van der Waals surface area contributed by atoms with Gasteiger partial charge in [0.1, 0.15) is 5.82 Å². The van der Waals surface area contributed by atoms with Gasteiger partial charge in [0.2, 0.25) is 0 Å². The van der Waals surface area contributed by atoms with Crippen LogP contribution in [-0.4, -0.2) is 0 Å². The molecule has 4 heteroatoms. The van der Waals surface area contributed by atoms with Crippen LogP contribution in [0.4, 0.5) is 10.1 Å². The Morgan fingerprint density at radius 2 is 1.89 bits per heavy atom. The molecule has 0 radical (unpaired) electrons. The lowest BCUT2D eigenvalue weighted by Crippen LogP contribution is -2.09. The minimum absolute atomic E-state index is 0.135. The van der Waals surface area contributed by atoms with Gasteiger partial charge in [-0.2, -0.15) is 0 Å². The van der Waals surface area contributed by atoms with Crippen molar-refractivity contribution in [3.8, 4) is 0 Å². The number of hydrogen-bond donors (Lipinski definition) is 1. The Morgan fingerprint density at radius 3 is 2.47 bits per heavy atom. The topological polar surface area (TPSA) is 12.0 Å². The molecule has 0 spiro atoms. The third-order valence-electron chi connectivity index (χ3n) is 2.94. The highest BCUT2D eigenvalue weighted by molar-refractivity contribution is 9.10. The van der Waals surface area contributed by atoms with E-state index in [1.807, 2.05) is 12.1 Å². The van der Waals surface area contributed by atoms with Crippen molar-refractivity contribution in [3.05, 3.63) is 63.3 Å². The molecule has 0 aliphatic rings. The second kappa shape index (κ2) is 6.40. The molecule has 0 heterocycles. The van der Waals surface area contributed by atoms with Crippen LogP contribution in [0.2, 0.25) is 5.02 Å². The van der Waals surface area contributed by atoms with Crippen LogP contribution in [0.15, 0.2) is 46.9 Å². The van der Waals surface area contributed by atoms with Crippen molar-refractivity contribution in [3.63, 3.8) is 0 Å². The zero-order chi connectivity index (χ0) is 13.8. The molecule has 0 saturated heterocycles. The first-order valence-electron chi connectivity index (χ1n) is 6.07. The molecular formula is C15H14BrClFN. The number of anilines is 1. The van der Waals surface area contributed by atoms with Crippen molar-refractivity contribution in [2.75, 3.05) is 5.32 Å². The maximum atomic E-state index is 13.1. The molecule has 1 unspecified atom stereocenters. The first kappa shape index (κ1) is 14.4. The highest BCUT2D eigenvalue weighted by atomic mass is 79.9. The standard InChI is InChI=1S/C15H14BrClFN/c1-2-15(10-3-5-11(16)6-4-10)19-12-7-8-14(18)13(17)9-12/h3-9,15,19H,2H2,1H3. The fourth-order valence-electron chi connectivity index (χ4n) is 1.90. The molecule has 0 aliphatic carbocycles. The van der Waals surface area contributed by atoms with E-state index in [1.54, 1.807) is 12.1 Å². The van der Waals surface area contributed by atoms with Crippen LogP contribution >= 0.6 is 27.5 Å². The van der Waals surface area contributed by atoms with E-state index >= 15 is 0 Å². The first-order chi connectivity index (χ1) is 9.10. The molecule has 2 rings (SSSR count). The lowest BCUT2D eigenvalue weighted by molar-refractivity contribution is 0.628. The Labute approximate surface area is 125 Å². The van der Waals surface area contributed by atoms with Crippen molar-refractivity contribution < 1.29 is 4.39 Å². The predicted molar refractivity (Wildman–Crippen MR) is 82.2 cm³/mol. The highest BCUT2D eigenvalue weighted by Crippen LogP contribution is 2.26. The summed E-state index contributed by atoms with van der Waals surface area (Å²) >= 11 is 9.21. The van der Waals surface area contributed by atoms with Gasteiger partial charge >= 0.3 is 0 Å². The van der Waals surface area contributed by atoms with Crippen LogP contribution < -0.4 is 5.32 Å². The Bertz CT molecular complexity index is 557. The minimum atomic E-state index is -0.399. The average molecular weight is 343 g/mol. The zero-order valence-electron chi connectivity index (χ0n) is 10.5. The fraction of sp³-hybridized carbons (Fsp3) is 0.200. The van der Waals surface area contributed by atoms with Gasteiger partial charge in [-0.1, -0.05) is 46.6 Å². The lowest BCUT2D eigenvalue weighted by Gasteiger charge is -2.19. The van der Waals surface area contributed by atoms with Crippen LogP contribution in [0.5, 0.6) is 0 Å². The largest absolute Gasteiger partial charge is 0.378 e. The number of nitrogens with one attached hydrogen (secondary N) is 1. The molecular weight excluding hydrogens is 329 g/mol. The number of hydrogen-bond acceptors (Lipinski definition) is 1.